The van der Waals surface area contributed by atoms with Crippen molar-refractivity contribution in [3.63, 3.8) is 0 Å². The molecule has 3 N–H and O–H groups in total. The summed E-state index contributed by atoms with van der Waals surface area (Å²) in [6.45, 7) is 7.56. The summed E-state index contributed by atoms with van der Waals surface area (Å²) in [6, 6.07) is -0.322. The van der Waals surface area contributed by atoms with Crippen molar-refractivity contribution in [3.8, 4) is 0 Å². The summed E-state index contributed by atoms with van der Waals surface area (Å²) in [4.78, 5) is 23.0. The average Bonchev–Trinajstić information content (AvgIpc) is 2.27. The molecule has 0 bridgehead atoms. The molecule has 5 heteroatoms. The van der Waals surface area contributed by atoms with Crippen molar-refractivity contribution in [1.82, 2.24) is 10.6 Å². The Labute approximate surface area is 108 Å². The van der Waals surface area contributed by atoms with Crippen LogP contribution in [0.3, 0.4) is 0 Å². The van der Waals surface area contributed by atoms with Crippen LogP contribution in [0.5, 0.6) is 0 Å². The molecule has 0 spiro atoms. The van der Waals surface area contributed by atoms with Gasteiger partial charge in [-0.25, -0.2) is 0 Å². The van der Waals surface area contributed by atoms with Gasteiger partial charge in [-0.3, -0.25) is 9.59 Å². The number of carbonyl (C=O) groups is 2. The van der Waals surface area contributed by atoms with E-state index in [9.17, 15) is 9.59 Å². The van der Waals surface area contributed by atoms with E-state index < -0.39 is 5.97 Å². The molecule has 0 saturated carbocycles. The fourth-order valence-electron chi connectivity index (χ4n) is 2.12. The first-order valence-electron chi connectivity index (χ1n) is 6.53. The maximum Gasteiger partial charge on any atom is 0.305 e. The Hall–Kier alpha value is -1.10. The number of piperidine rings is 1. The summed E-state index contributed by atoms with van der Waals surface area (Å²) < 4.78 is 0. The number of carboxylic acids is 1. The molecule has 0 aliphatic carbocycles. The standard InChI is InChI=1S/C13H24N2O3/c1-13(2,3)10(8-11(16)17)15-12(18)9-4-6-14-7-5-9/h9-10,14H,4-8H2,1-3H3,(H,15,18)(H,16,17). The number of amides is 1. The van der Waals surface area contributed by atoms with Gasteiger partial charge in [0.1, 0.15) is 0 Å². The van der Waals surface area contributed by atoms with Gasteiger partial charge in [0.2, 0.25) is 5.91 Å². The summed E-state index contributed by atoms with van der Waals surface area (Å²) in [7, 11) is 0. The molecule has 104 valence electrons. The number of aliphatic carboxylic acids is 1. The van der Waals surface area contributed by atoms with Gasteiger partial charge in [0, 0.05) is 12.0 Å². The lowest BCUT2D eigenvalue weighted by Gasteiger charge is -2.32. The normalized spacial score (nSPS) is 19.3. The predicted octanol–water partition coefficient (Wildman–Crippen LogP) is 0.992. The van der Waals surface area contributed by atoms with Gasteiger partial charge in [0.15, 0.2) is 0 Å². The van der Waals surface area contributed by atoms with Crippen LogP contribution in [0.25, 0.3) is 0 Å². The minimum atomic E-state index is -0.875. The zero-order valence-electron chi connectivity index (χ0n) is 11.5. The minimum absolute atomic E-state index is 0.00215. The third-order valence-electron chi connectivity index (χ3n) is 3.45. The molecule has 0 radical (unpaired) electrons. The first-order valence-corrected chi connectivity index (χ1v) is 6.53. The van der Waals surface area contributed by atoms with Gasteiger partial charge in [0.05, 0.1) is 6.42 Å². The van der Waals surface area contributed by atoms with Crippen LogP contribution in [-0.4, -0.2) is 36.1 Å². The molecule has 1 atom stereocenters. The van der Waals surface area contributed by atoms with Crippen LogP contribution in [0.4, 0.5) is 0 Å². The maximum absolute atomic E-state index is 12.1. The molecule has 1 heterocycles. The predicted molar refractivity (Wildman–Crippen MR) is 69.2 cm³/mol. The van der Waals surface area contributed by atoms with Gasteiger partial charge in [-0.2, -0.15) is 0 Å². The average molecular weight is 256 g/mol. The van der Waals surface area contributed by atoms with E-state index in [1.807, 2.05) is 20.8 Å². The molecule has 1 aliphatic rings. The van der Waals surface area contributed by atoms with Gasteiger partial charge in [0.25, 0.3) is 0 Å². The molecule has 0 aromatic rings. The number of carbonyl (C=O) groups excluding carboxylic acids is 1. The molecule has 1 amide bonds. The molecular weight excluding hydrogens is 232 g/mol. The van der Waals surface area contributed by atoms with E-state index in [4.69, 9.17) is 5.11 Å². The minimum Gasteiger partial charge on any atom is -0.481 e. The molecule has 5 nitrogen and oxygen atoms in total. The topological polar surface area (TPSA) is 78.4 Å². The lowest BCUT2D eigenvalue weighted by molar-refractivity contribution is -0.138. The maximum atomic E-state index is 12.1. The van der Waals surface area contributed by atoms with Gasteiger partial charge in [-0.05, 0) is 31.3 Å². The van der Waals surface area contributed by atoms with Gasteiger partial charge in [-0.1, -0.05) is 20.8 Å². The number of hydrogen-bond acceptors (Lipinski definition) is 3. The van der Waals surface area contributed by atoms with Crippen LogP contribution in [0.2, 0.25) is 0 Å². The van der Waals surface area contributed by atoms with Crippen LogP contribution < -0.4 is 10.6 Å². The first kappa shape index (κ1) is 15.0. The van der Waals surface area contributed by atoms with Gasteiger partial charge >= 0.3 is 5.97 Å². The Balaban J connectivity index is 2.59. The van der Waals surface area contributed by atoms with Crippen LogP contribution in [0.1, 0.15) is 40.0 Å². The van der Waals surface area contributed by atoms with Crippen LogP contribution in [0.15, 0.2) is 0 Å². The quantitative estimate of drug-likeness (QED) is 0.701. The summed E-state index contributed by atoms with van der Waals surface area (Å²) >= 11 is 0. The molecule has 1 saturated heterocycles. The van der Waals surface area contributed by atoms with Gasteiger partial charge in [-0.15, -0.1) is 0 Å². The van der Waals surface area contributed by atoms with E-state index in [-0.39, 0.29) is 29.7 Å². The highest BCUT2D eigenvalue weighted by molar-refractivity contribution is 5.80. The molecule has 0 aromatic heterocycles. The number of nitrogens with one attached hydrogen (secondary N) is 2. The largest absolute Gasteiger partial charge is 0.481 e. The second-order valence-electron chi connectivity index (χ2n) is 6.05. The second-order valence-corrected chi connectivity index (χ2v) is 6.05. The highest BCUT2D eigenvalue weighted by atomic mass is 16.4. The lowest BCUT2D eigenvalue weighted by atomic mass is 9.84. The molecule has 1 fully saturated rings. The van der Waals surface area contributed by atoms with Gasteiger partial charge < -0.3 is 15.7 Å². The summed E-state index contributed by atoms with van der Waals surface area (Å²) in [5.74, 6) is -0.858. The lowest BCUT2D eigenvalue weighted by Crippen LogP contribution is -2.48. The van der Waals surface area contributed by atoms with Crippen molar-refractivity contribution in [2.75, 3.05) is 13.1 Å². The highest BCUT2D eigenvalue weighted by Gasteiger charge is 2.31. The first-order chi connectivity index (χ1) is 8.30. The van der Waals surface area contributed by atoms with E-state index in [2.05, 4.69) is 10.6 Å². The molecule has 1 unspecified atom stereocenters. The van der Waals surface area contributed by atoms with Crippen LogP contribution in [0, 0.1) is 11.3 Å². The molecular formula is C13H24N2O3. The smallest absolute Gasteiger partial charge is 0.305 e. The Morgan fingerprint density at radius 1 is 1.33 bits per heavy atom. The monoisotopic (exact) mass is 256 g/mol. The second kappa shape index (κ2) is 6.18. The van der Waals surface area contributed by atoms with Crippen molar-refractivity contribution in [2.45, 2.75) is 46.1 Å². The molecule has 18 heavy (non-hydrogen) atoms. The zero-order valence-corrected chi connectivity index (χ0v) is 11.5. The highest BCUT2D eigenvalue weighted by Crippen LogP contribution is 2.23. The van der Waals surface area contributed by atoms with E-state index >= 15 is 0 Å². The Morgan fingerprint density at radius 3 is 2.33 bits per heavy atom. The third kappa shape index (κ3) is 4.64. The summed E-state index contributed by atoms with van der Waals surface area (Å²) in [5.41, 5.74) is -0.249. The van der Waals surface area contributed by atoms with E-state index in [0.717, 1.165) is 25.9 Å². The number of rotatable bonds is 4. The Morgan fingerprint density at radius 2 is 1.89 bits per heavy atom. The zero-order chi connectivity index (χ0) is 13.8. The molecule has 1 aliphatic heterocycles. The van der Waals surface area contributed by atoms with E-state index in [0.29, 0.717) is 0 Å². The van der Waals surface area contributed by atoms with Crippen LogP contribution in [-0.2, 0) is 9.59 Å². The number of carboxylic acid groups (broad SMARTS) is 1. The van der Waals surface area contributed by atoms with Crippen LogP contribution >= 0.6 is 0 Å². The molecule has 0 aromatic carbocycles. The van der Waals surface area contributed by atoms with Crippen molar-refractivity contribution in [2.24, 2.45) is 11.3 Å². The Kier molecular flexibility index (Phi) is 5.14. The van der Waals surface area contributed by atoms with Crippen molar-refractivity contribution in [1.29, 1.82) is 0 Å². The van der Waals surface area contributed by atoms with Crippen molar-refractivity contribution >= 4 is 11.9 Å². The fourth-order valence-corrected chi connectivity index (χ4v) is 2.12. The SMILES string of the molecule is CC(C)(C)C(CC(=O)O)NC(=O)C1CCNCC1. The third-order valence-corrected chi connectivity index (χ3v) is 3.45. The van der Waals surface area contributed by atoms with Crippen molar-refractivity contribution < 1.29 is 14.7 Å². The fraction of sp³-hybridized carbons (Fsp3) is 0.846. The van der Waals surface area contributed by atoms with E-state index in [1.54, 1.807) is 0 Å². The van der Waals surface area contributed by atoms with Crippen molar-refractivity contribution in [3.05, 3.63) is 0 Å². The molecule has 1 rings (SSSR count). The Bertz CT molecular complexity index is 304. The summed E-state index contributed by atoms with van der Waals surface area (Å²) in [6.07, 6.45) is 1.63. The number of hydrogen-bond donors (Lipinski definition) is 3. The summed E-state index contributed by atoms with van der Waals surface area (Å²) in [5, 5.41) is 15.0. The van der Waals surface area contributed by atoms with E-state index in [1.165, 1.54) is 0 Å².